The smallest absolute Gasteiger partial charge is 0.254 e. The van der Waals surface area contributed by atoms with Crippen LogP contribution in [0.2, 0.25) is 10.0 Å². The van der Waals surface area contributed by atoms with E-state index in [0.29, 0.717) is 22.2 Å². The first kappa shape index (κ1) is 17.8. The number of para-hydroxylation sites is 1. The molecule has 0 saturated carbocycles. The van der Waals surface area contributed by atoms with Gasteiger partial charge in [-0.05, 0) is 36.8 Å². The van der Waals surface area contributed by atoms with Gasteiger partial charge in [0.2, 0.25) is 0 Å². The molecule has 0 aliphatic carbocycles. The molecule has 0 aliphatic heterocycles. The third kappa shape index (κ3) is 3.65. The molecule has 6 heteroatoms. The fourth-order valence-electron chi connectivity index (χ4n) is 2.90. The predicted molar refractivity (Wildman–Crippen MR) is 102 cm³/mol. The number of carbonyl (C=O) groups excluding carboxylic acids is 1. The van der Waals surface area contributed by atoms with Crippen molar-refractivity contribution in [1.82, 2.24) is 14.5 Å². The standard InChI is InChI=1S/C19H19Cl2N3O/c1-3-10-24-17(22-16-9-5-8-15(21)18(16)24)12-23(2)19(25)13-6-4-7-14(20)11-13/h4-9,11H,3,10,12H2,1-2H3. The van der Waals surface area contributed by atoms with Gasteiger partial charge in [0.15, 0.2) is 0 Å². The summed E-state index contributed by atoms with van der Waals surface area (Å²) < 4.78 is 2.10. The van der Waals surface area contributed by atoms with Crippen molar-refractivity contribution in [3.8, 4) is 0 Å². The molecule has 3 rings (SSSR count). The number of amides is 1. The Balaban J connectivity index is 1.93. The molecule has 0 unspecified atom stereocenters. The van der Waals surface area contributed by atoms with Crippen LogP contribution in [-0.2, 0) is 13.1 Å². The SMILES string of the molecule is CCCn1c(CN(C)C(=O)c2cccc(Cl)c2)nc2cccc(Cl)c21. The van der Waals surface area contributed by atoms with E-state index in [1.54, 1.807) is 36.2 Å². The number of benzene rings is 2. The highest BCUT2D eigenvalue weighted by Crippen LogP contribution is 2.25. The van der Waals surface area contributed by atoms with Crippen LogP contribution < -0.4 is 0 Å². The maximum absolute atomic E-state index is 12.7. The van der Waals surface area contributed by atoms with Crippen molar-refractivity contribution in [3.63, 3.8) is 0 Å². The molecule has 0 atom stereocenters. The fourth-order valence-corrected chi connectivity index (χ4v) is 3.36. The third-order valence-corrected chi connectivity index (χ3v) is 4.58. The molecule has 2 aromatic carbocycles. The number of carbonyl (C=O) groups is 1. The number of fused-ring (bicyclic) bond motifs is 1. The normalized spacial score (nSPS) is 11.0. The number of rotatable bonds is 5. The van der Waals surface area contributed by atoms with Crippen LogP contribution in [0.4, 0.5) is 0 Å². The number of halogens is 2. The average molecular weight is 376 g/mol. The van der Waals surface area contributed by atoms with E-state index in [0.717, 1.165) is 29.8 Å². The summed E-state index contributed by atoms with van der Waals surface area (Å²) in [7, 11) is 1.76. The second kappa shape index (κ2) is 7.46. The van der Waals surface area contributed by atoms with Gasteiger partial charge in [0, 0.05) is 24.2 Å². The zero-order valence-electron chi connectivity index (χ0n) is 14.2. The van der Waals surface area contributed by atoms with Crippen molar-refractivity contribution < 1.29 is 4.79 Å². The first-order valence-corrected chi connectivity index (χ1v) is 8.91. The molecule has 0 fully saturated rings. The number of nitrogens with zero attached hydrogens (tertiary/aromatic N) is 3. The lowest BCUT2D eigenvalue weighted by Crippen LogP contribution is -2.27. The summed E-state index contributed by atoms with van der Waals surface area (Å²) in [6.07, 6.45) is 0.954. The summed E-state index contributed by atoms with van der Waals surface area (Å²) in [5.74, 6) is 0.728. The first-order chi connectivity index (χ1) is 12.0. The Labute approximate surface area is 157 Å². The molecule has 0 bridgehead atoms. The number of aryl methyl sites for hydroxylation is 1. The zero-order chi connectivity index (χ0) is 18.0. The number of aromatic nitrogens is 2. The van der Waals surface area contributed by atoms with Gasteiger partial charge in [-0.25, -0.2) is 4.98 Å². The Hall–Kier alpha value is -2.04. The molecule has 130 valence electrons. The van der Waals surface area contributed by atoms with Gasteiger partial charge in [0.1, 0.15) is 5.82 Å². The molecule has 0 saturated heterocycles. The van der Waals surface area contributed by atoms with E-state index in [-0.39, 0.29) is 5.91 Å². The van der Waals surface area contributed by atoms with Crippen LogP contribution >= 0.6 is 23.2 Å². The maximum atomic E-state index is 12.7. The van der Waals surface area contributed by atoms with Crippen molar-refractivity contribution in [3.05, 3.63) is 63.9 Å². The van der Waals surface area contributed by atoms with Crippen LogP contribution in [0.1, 0.15) is 29.5 Å². The fraction of sp³-hybridized carbons (Fsp3) is 0.263. The lowest BCUT2D eigenvalue weighted by molar-refractivity contribution is 0.0780. The van der Waals surface area contributed by atoms with Crippen molar-refractivity contribution in [2.45, 2.75) is 26.4 Å². The molecule has 0 radical (unpaired) electrons. The minimum absolute atomic E-state index is 0.0938. The largest absolute Gasteiger partial charge is 0.334 e. The monoisotopic (exact) mass is 375 g/mol. The molecule has 3 aromatic rings. The van der Waals surface area contributed by atoms with Crippen molar-refractivity contribution in [2.75, 3.05) is 7.05 Å². The van der Waals surface area contributed by atoms with Gasteiger partial charge in [-0.2, -0.15) is 0 Å². The van der Waals surface area contributed by atoms with Gasteiger partial charge in [-0.15, -0.1) is 0 Å². The molecule has 1 aromatic heterocycles. The van der Waals surface area contributed by atoms with Crippen LogP contribution in [0.5, 0.6) is 0 Å². The summed E-state index contributed by atoms with van der Waals surface area (Å²) in [4.78, 5) is 19.0. The molecule has 4 nitrogen and oxygen atoms in total. The second-order valence-corrected chi connectivity index (χ2v) is 6.80. The molecule has 1 amide bonds. The number of imidazole rings is 1. The number of hydrogen-bond acceptors (Lipinski definition) is 2. The van der Waals surface area contributed by atoms with E-state index < -0.39 is 0 Å². The summed E-state index contributed by atoms with van der Waals surface area (Å²) in [6.45, 7) is 3.30. The lowest BCUT2D eigenvalue weighted by atomic mass is 10.2. The molecule has 0 aliphatic rings. The third-order valence-electron chi connectivity index (χ3n) is 4.04. The highest BCUT2D eigenvalue weighted by Gasteiger charge is 2.18. The minimum Gasteiger partial charge on any atom is -0.334 e. The van der Waals surface area contributed by atoms with Crippen LogP contribution in [0.3, 0.4) is 0 Å². The Kier molecular flexibility index (Phi) is 5.30. The Bertz CT molecular complexity index is 920. The maximum Gasteiger partial charge on any atom is 0.254 e. The van der Waals surface area contributed by atoms with Crippen molar-refractivity contribution in [1.29, 1.82) is 0 Å². The Morgan fingerprint density at radius 2 is 1.96 bits per heavy atom. The summed E-state index contributed by atoms with van der Waals surface area (Å²) >= 11 is 12.4. The topological polar surface area (TPSA) is 38.1 Å². The predicted octanol–water partition coefficient (Wildman–Crippen LogP) is 5.03. The van der Waals surface area contributed by atoms with E-state index >= 15 is 0 Å². The van der Waals surface area contributed by atoms with E-state index in [9.17, 15) is 4.79 Å². The highest BCUT2D eigenvalue weighted by molar-refractivity contribution is 6.35. The van der Waals surface area contributed by atoms with Gasteiger partial charge in [0.05, 0.1) is 22.6 Å². The Morgan fingerprint density at radius 1 is 1.20 bits per heavy atom. The summed E-state index contributed by atoms with van der Waals surface area (Å²) in [5.41, 5.74) is 2.33. The van der Waals surface area contributed by atoms with Crippen LogP contribution in [0, 0.1) is 0 Å². The van der Waals surface area contributed by atoms with Gasteiger partial charge >= 0.3 is 0 Å². The van der Waals surface area contributed by atoms with Gasteiger partial charge in [-0.3, -0.25) is 4.79 Å². The summed E-state index contributed by atoms with van der Waals surface area (Å²) in [5, 5.41) is 1.22. The van der Waals surface area contributed by atoms with Gasteiger partial charge in [0.25, 0.3) is 5.91 Å². The van der Waals surface area contributed by atoms with E-state index in [4.69, 9.17) is 23.2 Å². The molecule has 0 N–H and O–H groups in total. The van der Waals surface area contributed by atoms with E-state index in [1.807, 2.05) is 18.2 Å². The Morgan fingerprint density at radius 3 is 2.68 bits per heavy atom. The molecular weight excluding hydrogens is 357 g/mol. The quantitative estimate of drug-likeness (QED) is 0.627. The molecule has 25 heavy (non-hydrogen) atoms. The van der Waals surface area contributed by atoms with Crippen LogP contribution in [0.25, 0.3) is 11.0 Å². The molecule has 0 spiro atoms. The van der Waals surface area contributed by atoms with Crippen molar-refractivity contribution in [2.24, 2.45) is 0 Å². The van der Waals surface area contributed by atoms with Gasteiger partial charge < -0.3 is 9.47 Å². The van der Waals surface area contributed by atoms with Crippen LogP contribution in [-0.4, -0.2) is 27.4 Å². The average Bonchev–Trinajstić information content (AvgIpc) is 2.93. The first-order valence-electron chi connectivity index (χ1n) is 8.16. The van der Waals surface area contributed by atoms with Crippen LogP contribution in [0.15, 0.2) is 42.5 Å². The van der Waals surface area contributed by atoms with E-state index in [2.05, 4.69) is 16.5 Å². The molecular formula is C19H19Cl2N3O. The second-order valence-electron chi connectivity index (χ2n) is 5.96. The number of hydrogen-bond donors (Lipinski definition) is 0. The van der Waals surface area contributed by atoms with Gasteiger partial charge in [-0.1, -0.05) is 42.3 Å². The zero-order valence-corrected chi connectivity index (χ0v) is 15.7. The lowest BCUT2D eigenvalue weighted by Gasteiger charge is -2.18. The summed E-state index contributed by atoms with van der Waals surface area (Å²) in [6, 6.07) is 12.6. The molecule has 1 heterocycles. The minimum atomic E-state index is -0.0938. The van der Waals surface area contributed by atoms with Crippen molar-refractivity contribution >= 4 is 40.1 Å². The van der Waals surface area contributed by atoms with E-state index in [1.165, 1.54) is 0 Å². The highest BCUT2D eigenvalue weighted by atomic mass is 35.5.